The lowest BCUT2D eigenvalue weighted by molar-refractivity contribution is 0.175. The smallest absolute Gasteiger partial charge is 0.116 e. The predicted molar refractivity (Wildman–Crippen MR) is 90.8 cm³/mol. The summed E-state index contributed by atoms with van der Waals surface area (Å²) < 4.78 is 0. The highest BCUT2D eigenvalue weighted by molar-refractivity contribution is 5.63. The first-order valence-electron chi connectivity index (χ1n) is 8.29. The number of hydrogen-bond acceptors (Lipinski definition) is 3. The zero-order valence-corrected chi connectivity index (χ0v) is 13.8. The highest BCUT2D eigenvalue weighted by atomic mass is 15.2. The van der Waals surface area contributed by atoms with Crippen molar-refractivity contribution in [1.82, 2.24) is 14.9 Å². The standard InChI is InChI=1S/C19H25N3/c1-14-15(2)20-13-21-19(14)18-9-7-17(8-10-18)16(3)22-11-5-4-6-12-22/h7-10,13,16H,4-6,11-12H2,1-3H3/t16-/m0/s1. The average Bonchev–Trinajstić information content (AvgIpc) is 2.58. The molecule has 3 rings (SSSR count). The molecule has 1 fully saturated rings. The number of aryl methyl sites for hydroxylation is 1. The van der Waals surface area contributed by atoms with Crippen LogP contribution in [0.1, 0.15) is 49.0 Å². The Morgan fingerprint density at radius 2 is 1.64 bits per heavy atom. The van der Waals surface area contributed by atoms with Gasteiger partial charge in [0.1, 0.15) is 6.33 Å². The summed E-state index contributed by atoms with van der Waals surface area (Å²) in [6, 6.07) is 9.41. The second kappa shape index (κ2) is 6.57. The molecule has 2 heterocycles. The number of hydrogen-bond donors (Lipinski definition) is 0. The van der Waals surface area contributed by atoms with Gasteiger partial charge in [-0.15, -0.1) is 0 Å². The van der Waals surface area contributed by atoms with Crippen molar-refractivity contribution in [3.05, 3.63) is 47.4 Å². The molecule has 0 N–H and O–H groups in total. The second-order valence-electron chi connectivity index (χ2n) is 6.33. The Hall–Kier alpha value is -1.74. The molecule has 1 atom stereocenters. The molecular formula is C19H25N3. The molecule has 1 aromatic carbocycles. The average molecular weight is 295 g/mol. The van der Waals surface area contributed by atoms with Gasteiger partial charge in [0.05, 0.1) is 5.69 Å². The van der Waals surface area contributed by atoms with Crippen LogP contribution in [0.25, 0.3) is 11.3 Å². The van der Waals surface area contributed by atoms with Crippen molar-refractivity contribution in [2.75, 3.05) is 13.1 Å². The Kier molecular flexibility index (Phi) is 4.53. The highest BCUT2D eigenvalue weighted by Gasteiger charge is 2.18. The minimum atomic E-state index is 0.502. The van der Waals surface area contributed by atoms with Crippen LogP contribution in [0, 0.1) is 13.8 Å². The van der Waals surface area contributed by atoms with Gasteiger partial charge in [-0.25, -0.2) is 9.97 Å². The molecule has 3 heteroatoms. The molecule has 0 unspecified atom stereocenters. The largest absolute Gasteiger partial charge is 0.297 e. The second-order valence-corrected chi connectivity index (χ2v) is 6.33. The van der Waals surface area contributed by atoms with E-state index in [1.54, 1.807) is 6.33 Å². The summed E-state index contributed by atoms with van der Waals surface area (Å²) in [6.45, 7) is 8.91. The maximum Gasteiger partial charge on any atom is 0.116 e. The fourth-order valence-electron chi connectivity index (χ4n) is 3.27. The lowest BCUT2D eigenvalue weighted by Gasteiger charge is -2.32. The zero-order valence-electron chi connectivity index (χ0n) is 13.8. The molecule has 1 aliphatic rings. The Balaban J connectivity index is 1.81. The first kappa shape index (κ1) is 15.2. The molecule has 0 aliphatic carbocycles. The van der Waals surface area contributed by atoms with E-state index in [0.29, 0.717) is 6.04 Å². The van der Waals surface area contributed by atoms with Crippen LogP contribution in [0.15, 0.2) is 30.6 Å². The van der Waals surface area contributed by atoms with E-state index < -0.39 is 0 Å². The van der Waals surface area contributed by atoms with Crippen LogP contribution < -0.4 is 0 Å². The Morgan fingerprint density at radius 1 is 0.955 bits per heavy atom. The van der Waals surface area contributed by atoms with Gasteiger partial charge in [-0.1, -0.05) is 30.7 Å². The summed E-state index contributed by atoms with van der Waals surface area (Å²) in [7, 11) is 0. The molecule has 0 radical (unpaired) electrons. The highest BCUT2D eigenvalue weighted by Crippen LogP contribution is 2.27. The summed E-state index contributed by atoms with van der Waals surface area (Å²) in [5, 5.41) is 0. The van der Waals surface area contributed by atoms with Gasteiger partial charge in [0.15, 0.2) is 0 Å². The number of likely N-dealkylation sites (tertiary alicyclic amines) is 1. The van der Waals surface area contributed by atoms with E-state index in [4.69, 9.17) is 0 Å². The monoisotopic (exact) mass is 295 g/mol. The van der Waals surface area contributed by atoms with Crippen LogP contribution >= 0.6 is 0 Å². The van der Waals surface area contributed by atoms with Gasteiger partial charge in [-0.05, 0) is 57.8 Å². The molecular weight excluding hydrogens is 270 g/mol. The zero-order chi connectivity index (χ0) is 15.5. The van der Waals surface area contributed by atoms with Gasteiger partial charge in [-0.3, -0.25) is 4.90 Å². The van der Waals surface area contributed by atoms with Crippen LogP contribution in [-0.2, 0) is 0 Å². The third-order valence-corrected chi connectivity index (χ3v) is 4.94. The number of aromatic nitrogens is 2. The molecule has 3 nitrogen and oxygen atoms in total. The Bertz CT molecular complexity index is 628. The van der Waals surface area contributed by atoms with Gasteiger partial charge in [0.2, 0.25) is 0 Å². The van der Waals surface area contributed by atoms with Gasteiger partial charge < -0.3 is 0 Å². The SMILES string of the molecule is Cc1ncnc(-c2ccc([C@H](C)N3CCCCC3)cc2)c1C. The van der Waals surface area contributed by atoms with E-state index in [0.717, 1.165) is 11.4 Å². The summed E-state index contributed by atoms with van der Waals surface area (Å²) in [4.78, 5) is 11.3. The van der Waals surface area contributed by atoms with Crippen LogP contribution in [0.5, 0.6) is 0 Å². The van der Waals surface area contributed by atoms with Crippen molar-refractivity contribution in [2.45, 2.75) is 46.1 Å². The minimum Gasteiger partial charge on any atom is -0.297 e. The molecule has 0 bridgehead atoms. The van der Waals surface area contributed by atoms with Crippen LogP contribution in [0.3, 0.4) is 0 Å². The molecule has 116 valence electrons. The number of rotatable bonds is 3. The van der Waals surface area contributed by atoms with Gasteiger partial charge >= 0.3 is 0 Å². The van der Waals surface area contributed by atoms with Crippen molar-refractivity contribution < 1.29 is 0 Å². The third kappa shape index (κ3) is 3.05. The Morgan fingerprint density at radius 3 is 2.32 bits per heavy atom. The normalized spacial score (nSPS) is 17.4. The minimum absolute atomic E-state index is 0.502. The lowest BCUT2D eigenvalue weighted by atomic mass is 9.99. The maximum atomic E-state index is 4.45. The summed E-state index contributed by atoms with van der Waals surface area (Å²) in [5.41, 5.74) is 5.84. The van der Waals surface area contributed by atoms with E-state index in [1.165, 1.54) is 49.0 Å². The quantitative estimate of drug-likeness (QED) is 0.845. The molecule has 2 aromatic rings. The van der Waals surface area contributed by atoms with E-state index >= 15 is 0 Å². The van der Waals surface area contributed by atoms with Crippen LogP contribution in [-0.4, -0.2) is 28.0 Å². The van der Waals surface area contributed by atoms with E-state index in [1.807, 2.05) is 6.92 Å². The van der Waals surface area contributed by atoms with Crippen LogP contribution in [0.2, 0.25) is 0 Å². The van der Waals surface area contributed by atoms with Crippen molar-refractivity contribution in [3.63, 3.8) is 0 Å². The topological polar surface area (TPSA) is 29.0 Å². The van der Waals surface area contributed by atoms with Gasteiger partial charge in [0.25, 0.3) is 0 Å². The van der Waals surface area contributed by atoms with Crippen molar-refractivity contribution in [3.8, 4) is 11.3 Å². The molecule has 0 amide bonds. The molecule has 1 aliphatic heterocycles. The summed E-state index contributed by atoms with van der Waals surface area (Å²) in [5.74, 6) is 0. The molecule has 22 heavy (non-hydrogen) atoms. The van der Waals surface area contributed by atoms with Gasteiger partial charge in [-0.2, -0.15) is 0 Å². The van der Waals surface area contributed by atoms with Crippen molar-refractivity contribution in [2.24, 2.45) is 0 Å². The van der Waals surface area contributed by atoms with Crippen LogP contribution in [0.4, 0.5) is 0 Å². The fraction of sp³-hybridized carbons (Fsp3) is 0.474. The van der Waals surface area contributed by atoms with Gasteiger partial charge in [0, 0.05) is 17.3 Å². The fourth-order valence-corrected chi connectivity index (χ4v) is 3.27. The van der Waals surface area contributed by atoms with E-state index in [2.05, 4.69) is 53.0 Å². The first-order chi connectivity index (χ1) is 10.7. The van der Waals surface area contributed by atoms with Crippen molar-refractivity contribution in [1.29, 1.82) is 0 Å². The first-order valence-corrected chi connectivity index (χ1v) is 8.29. The number of piperidine rings is 1. The van der Waals surface area contributed by atoms with Crippen molar-refractivity contribution >= 4 is 0 Å². The maximum absolute atomic E-state index is 4.45. The van der Waals surface area contributed by atoms with E-state index in [9.17, 15) is 0 Å². The number of nitrogens with zero attached hydrogens (tertiary/aromatic N) is 3. The molecule has 1 saturated heterocycles. The lowest BCUT2D eigenvalue weighted by Crippen LogP contribution is -2.32. The summed E-state index contributed by atoms with van der Waals surface area (Å²) in [6.07, 6.45) is 5.71. The predicted octanol–water partition coefficient (Wildman–Crippen LogP) is 4.31. The Labute approximate surface area is 133 Å². The third-order valence-electron chi connectivity index (χ3n) is 4.94. The molecule has 0 saturated carbocycles. The van der Waals surface area contributed by atoms with E-state index in [-0.39, 0.29) is 0 Å². The molecule has 0 spiro atoms. The molecule has 1 aromatic heterocycles. The summed E-state index contributed by atoms with van der Waals surface area (Å²) >= 11 is 0. The number of benzene rings is 1.